The molecule has 0 aliphatic carbocycles. The van der Waals surface area contributed by atoms with Crippen molar-refractivity contribution in [3.8, 4) is 66.8 Å². The van der Waals surface area contributed by atoms with Gasteiger partial charge in [-0.3, -0.25) is 5.41 Å². The Labute approximate surface area is 505 Å². The number of fused-ring (bicyclic) bond motifs is 3. The summed E-state index contributed by atoms with van der Waals surface area (Å²) in [5, 5.41) is 12.1. The van der Waals surface area contributed by atoms with E-state index in [0.29, 0.717) is 18.8 Å². The van der Waals surface area contributed by atoms with Gasteiger partial charge in [0.2, 0.25) is 0 Å². The highest BCUT2D eigenvalue weighted by Gasteiger charge is 2.43. The van der Waals surface area contributed by atoms with Gasteiger partial charge >= 0.3 is 0 Å². The number of likely N-dealkylation sites (N-methyl/N-ethyl adjacent to an activating group) is 1. The summed E-state index contributed by atoms with van der Waals surface area (Å²) in [5.74, 6) is 0.884. The standard InChI is InChI=1S/C82H66N4/c1-3-28-75(68-51-49-63(50-52-68)61-31-14-5-15-32-61)82(57-59-45-47-62(48-46-59)60-29-12-4-13-30-60,58-85(2)81(70-43-26-11-27-44-70)84-80(83)69-41-24-10-25-42-69)86-78-73(66-37-20-8-21-38-66)55-53-71(64-33-16-6-17-34-64)76(78)77-72(65-35-18-7-19-36-65)54-56-74(79(77)86)67-39-22-9-23-40-67/h4-56,83H,3,57-58H2,1-2H3/b75-28-,83-80?,84-81-. The molecule has 0 amide bonds. The molecule has 4 heteroatoms. The van der Waals surface area contributed by atoms with Crippen molar-refractivity contribution < 1.29 is 0 Å². The molecule has 1 N–H and O–H groups in total. The Hall–Kier alpha value is -10.7. The van der Waals surface area contributed by atoms with Crippen molar-refractivity contribution in [2.24, 2.45) is 4.99 Å². The molecule has 0 bridgehead atoms. The fourth-order valence-corrected chi connectivity index (χ4v) is 12.8. The first-order chi connectivity index (χ1) is 42.5. The molecule has 13 aromatic rings. The van der Waals surface area contributed by atoms with Crippen LogP contribution in [0.25, 0.3) is 94.1 Å². The Morgan fingerprint density at radius 3 is 1.13 bits per heavy atom. The van der Waals surface area contributed by atoms with Gasteiger partial charge in [0.15, 0.2) is 5.84 Å². The second-order valence-electron chi connectivity index (χ2n) is 22.2. The van der Waals surface area contributed by atoms with Crippen molar-refractivity contribution >= 4 is 39.1 Å². The molecule has 4 nitrogen and oxygen atoms in total. The number of benzene rings is 12. The lowest BCUT2D eigenvalue weighted by Crippen LogP contribution is -2.49. The highest BCUT2D eigenvalue weighted by atomic mass is 15.2. The highest BCUT2D eigenvalue weighted by Crippen LogP contribution is 2.53. The van der Waals surface area contributed by atoms with Gasteiger partial charge in [-0.25, -0.2) is 4.99 Å². The van der Waals surface area contributed by atoms with Crippen molar-refractivity contribution in [2.45, 2.75) is 25.3 Å². The third kappa shape index (κ3) is 10.8. The van der Waals surface area contributed by atoms with Gasteiger partial charge in [0, 0.05) is 53.0 Å². The lowest BCUT2D eigenvalue weighted by atomic mass is 9.77. The van der Waals surface area contributed by atoms with E-state index in [-0.39, 0.29) is 5.84 Å². The van der Waals surface area contributed by atoms with Crippen LogP contribution in [0.4, 0.5) is 0 Å². The molecule has 1 heterocycles. The van der Waals surface area contributed by atoms with Crippen molar-refractivity contribution in [1.82, 2.24) is 9.47 Å². The van der Waals surface area contributed by atoms with E-state index in [1.54, 1.807) is 0 Å². The molecule has 0 spiro atoms. The van der Waals surface area contributed by atoms with Crippen LogP contribution in [0.15, 0.2) is 327 Å². The maximum absolute atomic E-state index is 9.76. The fourth-order valence-electron chi connectivity index (χ4n) is 12.8. The van der Waals surface area contributed by atoms with Crippen LogP contribution in [0.3, 0.4) is 0 Å². The summed E-state index contributed by atoms with van der Waals surface area (Å²) in [6.45, 7) is 2.69. The molecule has 0 fully saturated rings. The number of nitrogens with one attached hydrogen (secondary N) is 1. The summed E-state index contributed by atoms with van der Waals surface area (Å²) >= 11 is 0. The molecule has 0 saturated carbocycles. The van der Waals surface area contributed by atoms with E-state index in [2.05, 4.69) is 315 Å². The summed E-state index contributed by atoms with van der Waals surface area (Å²) in [6, 6.07) is 114. The van der Waals surface area contributed by atoms with Crippen LogP contribution < -0.4 is 0 Å². The van der Waals surface area contributed by atoms with Crippen LogP contribution in [-0.4, -0.2) is 34.7 Å². The number of aromatic nitrogens is 1. The van der Waals surface area contributed by atoms with Gasteiger partial charge in [-0.05, 0) is 78.8 Å². The number of allylic oxidation sites excluding steroid dienone is 1. The lowest BCUT2D eigenvalue weighted by Gasteiger charge is -2.44. The third-order valence-corrected chi connectivity index (χ3v) is 16.7. The van der Waals surface area contributed by atoms with E-state index in [4.69, 9.17) is 4.99 Å². The van der Waals surface area contributed by atoms with Gasteiger partial charge in [0.05, 0.1) is 16.6 Å². The van der Waals surface area contributed by atoms with Crippen LogP contribution in [0.2, 0.25) is 0 Å². The van der Waals surface area contributed by atoms with Crippen molar-refractivity contribution in [3.63, 3.8) is 0 Å². The summed E-state index contributed by atoms with van der Waals surface area (Å²) in [5.41, 5.74) is 20.1. The number of aliphatic imine (C=N–C) groups is 1. The topological polar surface area (TPSA) is 44.4 Å². The Bertz CT molecular complexity index is 4360. The quantitative estimate of drug-likeness (QED) is 0.0760. The lowest BCUT2D eigenvalue weighted by molar-refractivity contribution is 0.311. The van der Waals surface area contributed by atoms with Crippen LogP contribution in [0.1, 0.15) is 35.6 Å². The first kappa shape index (κ1) is 54.6. The fraction of sp³-hybridized carbons (Fsp3) is 0.0732. The molecule has 86 heavy (non-hydrogen) atoms. The number of hydrogen-bond donors (Lipinski definition) is 1. The molecule has 1 aromatic heterocycles. The molecule has 0 radical (unpaired) electrons. The zero-order valence-electron chi connectivity index (χ0n) is 48.6. The summed E-state index contributed by atoms with van der Waals surface area (Å²) in [6.07, 6.45) is 3.81. The van der Waals surface area contributed by atoms with Gasteiger partial charge in [0.25, 0.3) is 0 Å². The molecule has 13 rings (SSSR count). The molecule has 12 aromatic carbocycles. The summed E-state index contributed by atoms with van der Waals surface area (Å²) < 4.78 is 2.81. The highest BCUT2D eigenvalue weighted by molar-refractivity contribution is 6.26. The SMILES string of the molecule is CC/C=C(/c1ccc(-c2ccccc2)cc1)C(Cc1ccc(-c2ccccc2)cc1)(CN(C)/C(=N\C(=N)c1ccccc1)c1ccccc1)n1c2c(-c3ccccc3)ccc(-c3ccccc3)c2c2c(-c3ccccc3)ccc(-c3ccccc3)c21. The summed E-state index contributed by atoms with van der Waals surface area (Å²) in [4.78, 5) is 7.76. The van der Waals surface area contributed by atoms with E-state index in [9.17, 15) is 5.41 Å². The first-order valence-electron chi connectivity index (χ1n) is 29.8. The van der Waals surface area contributed by atoms with Crippen LogP contribution in [0.5, 0.6) is 0 Å². The predicted molar refractivity (Wildman–Crippen MR) is 364 cm³/mol. The average Bonchev–Trinajstić information content (AvgIpc) is 1.52. The summed E-state index contributed by atoms with van der Waals surface area (Å²) in [7, 11) is 2.19. The molecule has 1 atom stereocenters. The average molecular weight is 1110 g/mol. The minimum absolute atomic E-state index is 0.189. The maximum Gasteiger partial charge on any atom is 0.154 e. The van der Waals surface area contributed by atoms with E-state index in [0.717, 1.165) is 89.8 Å². The monoisotopic (exact) mass is 1110 g/mol. The van der Waals surface area contributed by atoms with Crippen LogP contribution >= 0.6 is 0 Å². The smallest absolute Gasteiger partial charge is 0.154 e. The van der Waals surface area contributed by atoms with Gasteiger partial charge in [-0.2, -0.15) is 0 Å². The van der Waals surface area contributed by atoms with E-state index in [1.165, 1.54) is 33.0 Å². The van der Waals surface area contributed by atoms with Gasteiger partial charge in [-0.15, -0.1) is 0 Å². The zero-order valence-corrected chi connectivity index (χ0v) is 48.6. The van der Waals surface area contributed by atoms with Crippen molar-refractivity contribution in [3.05, 3.63) is 344 Å². The van der Waals surface area contributed by atoms with E-state index >= 15 is 0 Å². The minimum atomic E-state index is -0.991. The van der Waals surface area contributed by atoms with Gasteiger partial charge < -0.3 is 9.47 Å². The van der Waals surface area contributed by atoms with Gasteiger partial charge in [-0.1, -0.05) is 328 Å². The number of amidine groups is 2. The molecular formula is C82H66N4. The third-order valence-electron chi connectivity index (χ3n) is 16.7. The predicted octanol–water partition coefficient (Wildman–Crippen LogP) is 20.6. The second-order valence-corrected chi connectivity index (χ2v) is 22.2. The van der Waals surface area contributed by atoms with Crippen LogP contribution in [-0.2, 0) is 12.0 Å². The number of rotatable bonds is 16. The molecule has 0 aliphatic heterocycles. The minimum Gasteiger partial charge on any atom is -0.356 e. The Morgan fingerprint density at radius 1 is 0.384 bits per heavy atom. The molecule has 1 unspecified atom stereocenters. The van der Waals surface area contributed by atoms with E-state index < -0.39 is 5.54 Å². The largest absolute Gasteiger partial charge is 0.356 e. The second kappa shape index (κ2) is 24.6. The van der Waals surface area contributed by atoms with Gasteiger partial charge in [0.1, 0.15) is 5.84 Å². The molecular weight excluding hydrogens is 1040 g/mol. The van der Waals surface area contributed by atoms with E-state index in [1.807, 2.05) is 30.3 Å². The Balaban J connectivity index is 1.24. The number of hydrogen-bond acceptors (Lipinski definition) is 1. The van der Waals surface area contributed by atoms with Crippen molar-refractivity contribution in [1.29, 1.82) is 5.41 Å². The molecule has 0 aliphatic rings. The Morgan fingerprint density at radius 2 is 0.721 bits per heavy atom. The molecule has 414 valence electrons. The first-order valence-corrected chi connectivity index (χ1v) is 29.8. The Kier molecular flexibility index (Phi) is 15.6. The van der Waals surface area contributed by atoms with Crippen LogP contribution in [0, 0.1) is 5.41 Å². The van der Waals surface area contributed by atoms with Crippen molar-refractivity contribution in [2.75, 3.05) is 13.6 Å². The molecule has 0 saturated heterocycles. The normalized spacial score (nSPS) is 12.5. The zero-order chi connectivity index (χ0) is 58.2. The maximum atomic E-state index is 9.76. The number of nitrogens with zero attached hydrogens (tertiary/aromatic N) is 3.